The lowest BCUT2D eigenvalue weighted by Gasteiger charge is -2.16. The number of thioether (sulfide) groups is 1. The van der Waals surface area contributed by atoms with Gasteiger partial charge in [0.1, 0.15) is 11.6 Å². The van der Waals surface area contributed by atoms with E-state index in [1.54, 1.807) is 6.07 Å². The fraction of sp³-hybridized carbons (Fsp3) is 0.500. The fourth-order valence-corrected chi connectivity index (χ4v) is 2.95. The number of benzene rings is 1. The van der Waals surface area contributed by atoms with Crippen LogP contribution in [-0.4, -0.2) is 17.5 Å². The molecule has 1 aromatic rings. The van der Waals surface area contributed by atoms with Crippen molar-refractivity contribution in [1.82, 2.24) is 5.32 Å². The Morgan fingerprint density at radius 3 is 2.94 bits per heavy atom. The van der Waals surface area contributed by atoms with Crippen molar-refractivity contribution < 1.29 is 8.78 Å². The number of hydrogen-bond acceptors (Lipinski definition) is 2. The summed E-state index contributed by atoms with van der Waals surface area (Å²) in [7, 11) is 0. The maximum absolute atomic E-state index is 13.6. The van der Waals surface area contributed by atoms with Gasteiger partial charge in [0.25, 0.3) is 0 Å². The summed E-state index contributed by atoms with van der Waals surface area (Å²) in [6.07, 6.45) is 1.09. The van der Waals surface area contributed by atoms with Crippen molar-refractivity contribution in [2.45, 2.75) is 24.6 Å². The molecule has 0 bridgehead atoms. The largest absolute Gasteiger partial charge is 0.309 e. The van der Waals surface area contributed by atoms with Crippen LogP contribution in [0.5, 0.6) is 0 Å². The SMILES string of the molecule is CC1CCNC(c2ccc(F)cc2F)CS1. The monoisotopic (exact) mass is 243 g/mol. The van der Waals surface area contributed by atoms with Gasteiger partial charge in [-0.3, -0.25) is 0 Å². The molecule has 1 nitrogen and oxygen atoms in total. The Hall–Kier alpha value is -0.610. The Labute approximate surface area is 98.6 Å². The molecule has 4 heteroatoms. The van der Waals surface area contributed by atoms with E-state index in [0.29, 0.717) is 10.8 Å². The van der Waals surface area contributed by atoms with Crippen LogP contribution in [0.25, 0.3) is 0 Å². The first kappa shape index (κ1) is 11.9. The number of halogens is 2. The molecule has 0 spiro atoms. The van der Waals surface area contributed by atoms with Crippen LogP contribution in [-0.2, 0) is 0 Å². The highest BCUT2D eigenvalue weighted by atomic mass is 32.2. The second kappa shape index (κ2) is 5.15. The molecular weight excluding hydrogens is 228 g/mol. The maximum Gasteiger partial charge on any atom is 0.130 e. The summed E-state index contributed by atoms with van der Waals surface area (Å²) < 4.78 is 26.4. The van der Waals surface area contributed by atoms with Gasteiger partial charge in [0, 0.05) is 28.7 Å². The number of hydrogen-bond donors (Lipinski definition) is 1. The standard InChI is InChI=1S/C12H15F2NS/c1-8-4-5-15-12(7-16-8)10-3-2-9(13)6-11(10)14/h2-3,6,8,12,15H,4-5,7H2,1H3. The van der Waals surface area contributed by atoms with Gasteiger partial charge in [0.05, 0.1) is 0 Å². The Kier molecular flexibility index (Phi) is 3.82. The highest BCUT2D eigenvalue weighted by Gasteiger charge is 2.20. The number of rotatable bonds is 1. The predicted octanol–water partition coefficient (Wildman–Crippen LogP) is 3.12. The molecule has 2 atom stereocenters. The third-order valence-electron chi connectivity index (χ3n) is 2.83. The molecule has 1 aliphatic heterocycles. The zero-order chi connectivity index (χ0) is 11.5. The molecule has 1 heterocycles. The zero-order valence-corrected chi connectivity index (χ0v) is 9.99. The summed E-state index contributed by atoms with van der Waals surface area (Å²) in [6, 6.07) is 3.81. The van der Waals surface area contributed by atoms with Crippen molar-refractivity contribution in [3.05, 3.63) is 35.4 Å². The molecule has 2 unspecified atom stereocenters. The highest BCUT2D eigenvalue weighted by Crippen LogP contribution is 2.27. The molecule has 0 aromatic heterocycles. The molecule has 1 fully saturated rings. The Balaban J connectivity index is 2.16. The van der Waals surface area contributed by atoms with Gasteiger partial charge in [-0.15, -0.1) is 0 Å². The van der Waals surface area contributed by atoms with Crippen molar-refractivity contribution in [2.75, 3.05) is 12.3 Å². The minimum absolute atomic E-state index is 0.00412. The molecule has 16 heavy (non-hydrogen) atoms. The first-order valence-corrected chi connectivity index (χ1v) is 6.51. The minimum Gasteiger partial charge on any atom is -0.309 e. The number of nitrogens with one attached hydrogen (secondary N) is 1. The van der Waals surface area contributed by atoms with Crippen molar-refractivity contribution in [1.29, 1.82) is 0 Å². The Morgan fingerprint density at radius 2 is 2.19 bits per heavy atom. The zero-order valence-electron chi connectivity index (χ0n) is 9.17. The topological polar surface area (TPSA) is 12.0 Å². The van der Waals surface area contributed by atoms with E-state index in [-0.39, 0.29) is 6.04 Å². The molecule has 0 saturated carbocycles. The van der Waals surface area contributed by atoms with Crippen molar-refractivity contribution in [3.8, 4) is 0 Å². The normalized spacial score (nSPS) is 26.4. The maximum atomic E-state index is 13.6. The van der Waals surface area contributed by atoms with E-state index in [0.717, 1.165) is 24.8 Å². The summed E-state index contributed by atoms with van der Waals surface area (Å²) in [5, 5.41) is 3.90. The van der Waals surface area contributed by atoms with E-state index in [1.807, 2.05) is 11.8 Å². The van der Waals surface area contributed by atoms with Crippen LogP contribution in [0.15, 0.2) is 18.2 Å². The molecule has 1 saturated heterocycles. The van der Waals surface area contributed by atoms with E-state index >= 15 is 0 Å². The van der Waals surface area contributed by atoms with Gasteiger partial charge in [0.15, 0.2) is 0 Å². The average molecular weight is 243 g/mol. The van der Waals surface area contributed by atoms with Gasteiger partial charge in [0.2, 0.25) is 0 Å². The molecule has 88 valence electrons. The summed E-state index contributed by atoms with van der Waals surface area (Å²) >= 11 is 1.83. The first-order valence-electron chi connectivity index (χ1n) is 5.47. The second-order valence-corrected chi connectivity index (χ2v) is 5.58. The summed E-state index contributed by atoms with van der Waals surface area (Å²) in [4.78, 5) is 0. The quantitative estimate of drug-likeness (QED) is 0.813. The molecule has 1 N–H and O–H groups in total. The van der Waals surface area contributed by atoms with Crippen LogP contribution in [0.1, 0.15) is 24.9 Å². The van der Waals surface area contributed by atoms with Gasteiger partial charge in [-0.2, -0.15) is 11.8 Å². The van der Waals surface area contributed by atoms with E-state index in [2.05, 4.69) is 12.2 Å². The molecule has 0 radical (unpaired) electrons. The van der Waals surface area contributed by atoms with Crippen molar-refractivity contribution in [3.63, 3.8) is 0 Å². The van der Waals surface area contributed by atoms with Crippen LogP contribution in [0.4, 0.5) is 8.78 Å². The van der Waals surface area contributed by atoms with Crippen LogP contribution in [0.3, 0.4) is 0 Å². The lowest BCUT2D eigenvalue weighted by molar-refractivity contribution is 0.523. The Morgan fingerprint density at radius 1 is 1.38 bits per heavy atom. The summed E-state index contributed by atoms with van der Waals surface area (Å²) in [6.45, 7) is 3.06. The molecule has 1 aromatic carbocycles. The third-order valence-corrected chi connectivity index (χ3v) is 4.16. The van der Waals surface area contributed by atoms with Crippen LogP contribution in [0, 0.1) is 11.6 Å². The summed E-state index contributed by atoms with van der Waals surface area (Å²) in [5.74, 6) is -0.132. The fourth-order valence-electron chi connectivity index (χ4n) is 1.85. The molecule has 2 rings (SSSR count). The van der Waals surface area contributed by atoms with E-state index in [1.165, 1.54) is 6.07 Å². The van der Waals surface area contributed by atoms with Crippen LogP contribution in [0.2, 0.25) is 0 Å². The second-order valence-electron chi connectivity index (χ2n) is 4.11. The third kappa shape index (κ3) is 2.74. The van der Waals surface area contributed by atoms with Gasteiger partial charge in [-0.25, -0.2) is 8.78 Å². The molecule has 0 aliphatic carbocycles. The van der Waals surface area contributed by atoms with E-state index < -0.39 is 11.6 Å². The first-order chi connectivity index (χ1) is 7.66. The van der Waals surface area contributed by atoms with Gasteiger partial charge >= 0.3 is 0 Å². The van der Waals surface area contributed by atoms with Crippen LogP contribution < -0.4 is 5.32 Å². The van der Waals surface area contributed by atoms with Crippen molar-refractivity contribution >= 4 is 11.8 Å². The molecular formula is C12H15F2NS. The van der Waals surface area contributed by atoms with Crippen molar-refractivity contribution in [2.24, 2.45) is 0 Å². The molecule has 1 aliphatic rings. The average Bonchev–Trinajstić information content (AvgIpc) is 2.43. The predicted molar refractivity (Wildman–Crippen MR) is 63.6 cm³/mol. The van der Waals surface area contributed by atoms with Gasteiger partial charge < -0.3 is 5.32 Å². The van der Waals surface area contributed by atoms with E-state index in [4.69, 9.17) is 0 Å². The van der Waals surface area contributed by atoms with Gasteiger partial charge in [-0.05, 0) is 19.0 Å². The minimum atomic E-state index is -0.518. The lowest BCUT2D eigenvalue weighted by atomic mass is 10.1. The van der Waals surface area contributed by atoms with Crippen LogP contribution >= 0.6 is 11.8 Å². The van der Waals surface area contributed by atoms with Gasteiger partial charge in [-0.1, -0.05) is 13.0 Å². The highest BCUT2D eigenvalue weighted by molar-refractivity contribution is 7.99. The summed E-state index contributed by atoms with van der Waals surface area (Å²) in [5.41, 5.74) is 0.572. The smallest absolute Gasteiger partial charge is 0.130 e. The van der Waals surface area contributed by atoms with E-state index in [9.17, 15) is 8.78 Å². The lowest BCUT2D eigenvalue weighted by Crippen LogP contribution is -2.23. The molecule has 0 amide bonds. The Bertz CT molecular complexity index is 370.